The van der Waals surface area contributed by atoms with Crippen LogP contribution in [0.2, 0.25) is 0 Å². The fourth-order valence-electron chi connectivity index (χ4n) is 1.47. The molecule has 2 rings (SSSR count). The van der Waals surface area contributed by atoms with E-state index in [9.17, 15) is 0 Å². The highest BCUT2D eigenvalue weighted by molar-refractivity contribution is 7.11. The van der Waals surface area contributed by atoms with Crippen LogP contribution >= 0.6 is 11.3 Å². The molecule has 0 bridgehead atoms. The molecule has 1 fully saturated rings. The molecule has 14 heavy (non-hydrogen) atoms. The number of nitrogens with zero attached hydrogens (tertiary/aromatic N) is 1. The predicted molar refractivity (Wildman–Crippen MR) is 59.6 cm³/mol. The molecular weight excluding hydrogens is 194 g/mol. The van der Waals surface area contributed by atoms with Gasteiger partial charge in [-0.2, -0.15) is 0 Å². The van der Waals surface area contributed by atoms with Crippen molar-refractivity contribution in [3.05, 3.63) is 16.1 Å². The number of hydrogen-bond donors (Lipinski definition) is 2. The first-order chi connectivity index (χ1) is 6.88. The summed E-state index contributed by atoms with van der Waals surface area (Å²) in [5.41, 5.74) is 0. The van der Waals surface area contributed by atoms with E-state index in [0.717, 1.165) is 25.4 Å². The lowest BCUT2D eigenvalue weighted by Gasteiger charge is -2.26. The molecule has 0 aromatic carbocycles. The Balaban J connectivity index is 1.68. The average molecular weight is 211 g/mol. The summed E-state index contributed by atoms with van der Waals surface area (Å²) >= 11 is 1.82. The molecule has 1 saturated heterocycles. The minimum Gasteiger partial charge on any atom is -0.316 e. The van der Waals surface area contributed by atoms with E-state index in [1.807, 2.05) is 17.5 Å². The van der Waals surface area contributed by atoms with Gasteiger partial charge in [0.25, 0.3) is 0 Å². The van der Waals surface area contributed by atoms with E-state index in [4.69, 9.17) is 0 Å². The van der Waals surface area contributed by atoms with Crippen molar-refractivity contribution in [1.82, 2.24) is 15.6 Å². The molecule has 1 aromatic rings. The number of thiazole rings is 1. The molecule has 0 amide bonds. The van der Waals surface area contributed by atoms with Crippen LogP contribution in [-0.2, 0) is 13.0 Å². The Bertz CT molecular complexity index is 281. The number of aryl methyl sites for hydroxylation is 1. The first-order valence-corrected chi connectivity index (χ1v) is 6.05. The Kier molecular flexibility index (Phi) is 3.50. The van der Waals surface area contributed by atoms with E-state index >= 15 is 0 Å². The standard InChI is InChI=1S/C10H17N3S/c1-2-9-6-13-10(14-9)7-12-5-8-3-11-4-8/h6,8,11-12H,2-5,7H2,1H3. The zero-order valence-electron chi connectivity index (χ0n) is 8.55. The molecule has 0 spiro atoms. The number of rotatable bonds is 5. The van der Waals surface area contributed by atoms with Crippen LogP contribution in [0.25, 0.3) is 0 Å². The van der Waals surface area contributed by atoms with Crippen LogP contribution in [-0.4, -0.2) is 24.6 Å². The molecular formula is C10H17N3S. The quantitative estimate of drug-likeness (QED) is 0.763. The van der Waals surface area contributed by atoms with E-state index in [1.165, 1.54) is 23.0 Å². The third kappa shape index (κ3) is 2.53. The highest BCUT2D eigenvalue weighted by atomic mass is 32.1. The molecule has 1 aliphatic heterocycles. The van der Waals surface area contributed by atoms with E-state index < -0.39 is 0 Å². The van der Waals surface area contributed by atoms with Crippen molar-refractivity contribution in [3.63, 3.8) is 0 Å². The molecule has 2 heterocycles. The lowest BCUT2D eigenvalue weighted by molar-refractivity contribution is 0.331. The second kappa shape index (κ2) is 4.87. The van der Waals surface area contributed by atoms with Gasteiger partial charge in [-0.25, -0.2) is 4.98 Å². The fourth-order valence-corrected chi connectivity index (χ4v) is 2.30. The van der Waals surface area contributed by atoms with Crippen molar-refractivity contribution in [2.75, 3.05) is 19.6 Å². The topological polar surface area (TPSA) is 37.0 Å². The fraction of sp³-hybridized carbons (Fsp3) is 0.700. The maximum absolute atomic E-state index is 4.37. The number of nitrogens with one attached hydrogen (secondary N) is 2. The molecule has 3 nitrogen and oxygen atoms in total. The molecule has 2 N–H and O–H groups in total. The van der Waals surface area contributed by atoms with Gasteiger partial charge in [0.1, 0.15) is 5.01 Å². The lowest BCUT2D eigenvalue weighted by Crippen LogP contribution is -2.47. The largest absolute Gasteiger partial charge is 0.316 e. The molecule has 0 unspecified atom stereocenters. The highest BCUT2D eigenvalue weighted by Crippen LogP contribution is 2.13. The molecule has 0 saturated carbocycles. The van der Waals surface area contributed by atoms with Crippen LogP contribution in [0.1, 0.15) is 16.8 Å². The SMILES string of the molecule is CCc1cnc(CNCC2CNC2)s1. The molecule has 1 aromatic heterocycles. The Hall–Kier alpha value is -0.450. The van der Waals surface area contributed by atoms with Gasteiger partial charge < -0.3 is 10.6 Å². The number of aromatic nitrogens is 1. The van der Waals surface area contributed by atoms with Gasteiger partial charge in [-0.1, -0.05) is 6.92 Å². The maximum Gasteiger partial charge on any atom is 0.107 e. The zero-order valence-corrected chi connectivity index (χ0v) is 9.36. The summed E-state index contributed by atoms with van der Waals surface area (Å²) in [5, 5.41) is 7.94. The minimum atomic E-state index is 0.834. The van der Waals surface area contributed by atoms with E-state index in [-0.39, 0.29) is 0 Å². The first-order valence-electron chi connectivity index (χ1n) is 5.23. The van der Waals surface area contributed by atoms with E-state index in [0.29, 0.717) is 0 Å². The summed E-state index contributed by atoms with van der Waals surface area (Å²) in [6, 6.07) is 0. The van der Waals surface area contributed by atoms with Crippen molar-refractivity contribution < 1.29 is 0 Å². The van der Waals surface area contributed by atoms with Gasteiger partial charge in [-0.3, -0.25) is 0 Å². The summed E-state index contributed by atoms with van der Waals surface area (Å²) in [7, 11) is 0. The van der Waals surface area contributed by atoms with Crippen LogP contribution in [0.4, 0.5) is 0 Å². The average Bonchev–Trinajstić information content (AvgIpc) is 2.57. The van der Waals surface area contributed by atoms with Crippen molar-refractivity contribution in [3.8, 4) is 0 Å². The summed E-state index contributed by atoms with van der Waals surface area (Å²) in [4.78, 5) is 5.75. The molecule has 4 heteroatoms. The van der Waals surface area contributed by atoms with Crippen LogP contribution < -0.4 is 10.6 Å². The van der Waals surface area contributed by atoms with Crippen molar-refractivity contribution in [2.45, 2.75) is 19.9 Å². The van der Waals surface area contributed by atoms with Gasteiger partial charge in [0.2, 0.25) is 0 Å². The molecule has 0 aliphatic carbocycles. The monoisotopic (exact) mass is 211 g/mol. The Morgan fingerprint density at radius 3 is 3.07 bits per heavy atom. The van der Waals surface area contributed by atoms with Gasteiger partial charge in [0, 0.05) is 37.3 Å². The van der Waals surface area contributed by atoms with Gasteiger partial charge >= 0.3 is 0 Å². The Morgan fingerprint density at radius 2 is 2.50 bits per heavy atom. The zero-order chi connectivity index (χ0) is 9.80. The normalized spacial score (nSPS) is 16.9. The molecule has 1 aliphatic rings. The van der Waals surface area contributed by atoms with Crippen molar-refractivity contribution >= 4 is 11.3 Å². The van der Waals surface area contributed by atoms with Crippen LogP contribution in [0.15, 0.2) is 6.20 Å². The summed E-state index contributed by atoms with van der Waals surface area (Å²) < 4.78 is 0. The van der Waals surface area contributed by atoms with Gasteiger partial charge in [0.05, 0.1) is 0 Å². The second-order valence-electron chi connectivity index (χ2n) is 3.73. The van der Waals surface area contributed by atoms with E-state index in [2.05, 4.69) is 22.5 Å². The van der Waals surface area contributed by atoms with Gasteiger partial charge in [0.15, 0.2) is 0 Å². The van der Waals surface area contributed by atoms with Crippen molar-refractivity contribution in [1.29, 1.82) is 0 Å². The predicted octanol–water partition coefficient (Wildman–Crippen LogP) is 1.01. The number of hydrogen-bond acceptors (Lipinski definition) is 4. The Morgan fingerprint density at radius 1 is 1.64 bits per heavy atom. The Labute approximate surface area is 88.9 Å². The van der Waals surface area contributed by atoms with Crippen LogP contribution in [0.3, 0.4) is 0 Å². The molecule has 78 valence electrons. The maximum atomic E-state index is 4.37. The van der Waals surface area contributed by atoms with Gasteiger partial charge in [-0.05, 0) is 12.3 Å². The lowest BCUT2D eigenvalue weighted by atomic mass is 10.0. The van der Waals surface area contributed by atoms with Crippen LogP contribution in [0.5, 0.6) is 0 Å². The first kappa shape index (κ1) is 10.1. The molecule has 0 atom stereocenters. The van der Waals surface area contributed by atoms with Gasteiger partial charge in [-0.15, -0.1) is 11.3 Å². The smallest absolute Gasteiger partial charge is 0.107 e. The van der Waals surface area contributed by atoms with Crippen molar-refractivity contribution in [2.24, 2.45) is 5.92 Å². The molecule has 0 radical (unpaired) electrons. The third-order valence-electron chi connectivity index (χ3n) is 2.53. The minimum absolute atomic E-state index is 0.834. The second-order valence-corrected chi connectivity index (χ2v) is 4.93. The van der Waals surface area contributed by atoms with E-state index in [1.54, 1.807) is 0 Å². The highest BCUT2D eigenvalue weighted by Gasteiger charge is 2.15. The third-order valence-corrected chi connectivity index (χ3v) is 3.67. The summed E-state index contributed by atoms with van der Waals surface area (Å²) in [6.07, 6.45) is 3.09. The summed E-state index contributed by atoms with van der Waals surface area (Å²) in [5.74, 6) is 0.834. The van der Waals surface area contributed by atoms with Crippen LogP contribution in [0, 0.1) is 5.92 Å². The summed E-state index contributed by atoms with van der Waals surface area (Å²) in [6.45, 7) is 6.57.